The van der Waals surface area contributed by atoms with E-state index in [2.05, 4.69) is 15.9 Å². The highest BCUT2D eigenvalue weighted by molar-refractivity contribution is 9.10. The zero-order chi connectivity index (χ0) is 9.84. The molecule has 0 fully saturated rings. The van der Waals surface area contributed by atoms with Crippen LogP contribution in [-0.4, -0.2) is 13.0 Å². The van der Waals surface area contributed by atoms with Crippen molar-refractivity contribution in [1.29, 1.82) is 0 Å². The summed E-state index contributed by atoms with van der Waals surface area (Å²) in [6.45, 7) is 0. The minimum atomic E-state index is -0.377. The number of nitrogen functional groups attached to an aromatic ring is 1. The number of halogens is 1. The fourth-order valence-electron chi connectivity index (χ4n) is 0.935. The van der Waals surface area contributed by atoms with E-state index in [9.17, 15) is 4.79 Å². The molecule has 0 spiro atoms. The Balaban J connectivity index is 3.15. The Bertz CT molecular complexity index is 328. The van der Waals surface area contributed by atoms with E-state index >= 15 is 0 Å². The van der Waals surface area contributed by atoms with Crippen molar-refractivity contribution in [2.45, 2.75) is 0 Å². The molecule has 70 valence electrons. The van der Waals surface area contributed by atoms with Gasteiger partial charge in [0.05, 0.1) is 12.7 Å². The number of hydrogen-bond donors (Lipinski definition) is 2. The molecule has 0 aromatic heterocycles. The predicted octanol–water partition coefficient (Wildman–Crippen LogP) is 1.06. The first-order valence-electron chi connectivity index (χ1n) is 3.53. The van der Waals surface area contributed by atoms with Gasteiger partial charge in [-0.25, -0.2) is 5.84 Å². The molecular formula is C8H9BrN2O2. The average molecular weight is 245 g/mol. The van der Waals surface area contributed by atoms with Crippen LogP contribution in [0.25, 0.3) is 0 Å². The monoisotopic (exact) mass is 244 g/mol. The largest absolute Gasteiger partial charge is 0.496 e. The maximum Gasteiger partial charge on any atom is 0.268 e. The summed E-state index contributed by atoms with van der Waals surface area (Å²) in [5.74, 6) is 5.12. The molecule has 0 unspecified atom stereocenters. The van der Waals surface area contributed by atoms with Crippen LogP contribution < -0.4 is 16.0 Å². The molecule has 0 radical (unpaired) electrons. The maximum atomic E-state index is 11.2. The summed E-state index contributed by atoms with van der Waals surface area (Å²) in [6, 6.07) is 5.11. The molecular weight excluding hydrogens is 236 g/mol. The maximum absolute atomic E-state index is 11.2. The van der Waals surface area contributed by atoms with Crippen LogP contribution in [0.3, 0.4) is 0 Å². The van der Waals surface area contributed by atoms with Crippen LogP contribution in [0.5, 0.6) is 5.75 Å². The van der Waals surface area contributed by atoms with Crippen molar-refractivity contribution in [1.82, 2.24) is 5.43 Å². The molecule has 0 atom stereocenters. The number of rotatable bonds is 2. The molecule has 0 aliphatic heterocycles. The van der Waals surface area contributed by atoms with Gasteiger partial charge in [-0.15, -0.1) is 0 Å². The lowest BCUT2D eigenvalue weighted by atomic mass is 10.2. The molecule has 1 amide bonds. The molecule has 4 nitrogen and oxygen atoms in total. The van der Waals surface area contributed by atoms with E-state index in [1.807, 2.05) is 5.43 Å². The normalized spacial score (nSPS) is 9.46. The molecule has 5 heteroatoms. The number of amides is 1. The summed E-state index contributed by atoms with van der Waals surface area (Å²) < 4.78 is 5.78. The highest BCUT2D eigenvalue weighted by atomic mass is 79.9. The molecule has 1 aromatic rings. The number of carbonyl (C=O) groups excluding carboxylic acids is 1. The Kier molecular flexibility index (Phi) is 3.27. The third kappa shape index (κ3) is 2.19. The Labute approximate surface area is 84.2 Å². The first kappa shape index (κ1) is 10.0. The standard InChI is InChI=1S/C8H9BrN2O2/c1-13-7-3-2-5(9)4-6(7)8(12)11-10/h2-4H,10H2,1H3,(H,11,12). The summed E-state index contributed by atoms with van der Waals surface area (Å²) in [6.07, 6.45) is 0. The van der Waals surface area contributed by atoms with Crippen LogP contribution in [0, 0.1) is 0 Å². The van der Waals surface area contributed by atoms with E-state index in [1.54, 1.807) is 18.2 Å². The van der Waals surface area contributed by atoms with E-state index in [4.69, 9.17) is 10.6 Å². The van der Waals surface area contributed by atoms with Crippen LogP contribution in [0.2, 0.25) is 0 Å². The Morgan fingerprint density at radius 3 is 2.85 bits per heavy atom. The molecule has 1 aromatic carbocycles. The second-order valence-electron chi connectivity index (χ2n) is 2.32. The number of benzene rings is 1. The first-order valence-corrected chi connectivity index (χ1v) is 4.33. The smallest absolute Gasteiger partial charge is 0.268 e. The van der Waals surface area contributed by atoms with Crippen molar-refractivity contribution < 1.29 is 9.53 Å². The summed E-state index contributed by atoms with van der Waals surface area (Å²) >= 11 is 3.25. The molecule has 3 N–H and O–H groups in total. The van der Waals surface area contributed by atoms with Gasteiger partial charge in [0.1, 0.15) is 5.75 Å². The van der Waals surface area contributed by atoms with Crippen molar-refractivity contribution in [3.8, 4) is 5.75 Å². The number of nitrogens with one attached hydrogen (secondary N) is 1. The van der Waals surface area contributed by atoms with Gasteiger partial charge in [-0.1, -0.05) is 15.9 Å². The third-order valence-corrected chi connectivity index (χ3v) is 2.03. The summed E-state index contributed by atoms with van der Waals surface area (Å²) in [7, 11) is 1.50. The Hall–Kier alpha value is -1.07. The Morgan fingerprint density at radius 1 is 1.62 bits per heavy atom. The van der Waals surface area contributed by atoms with Crippen LogP contribution in [0.1, 0.15) is 10.4 Å². The van der Waals surface area contributed by atoms with Gasteiger partial charge >= 0.3 is 0 Å². The van der Waals surface area contributed by atoms with Crippen LogP contribution >= 0.6 is 15.9 Å². The SMILES string of the molecule is COc1ccc(Br)cc1C(=O)NN. The van der Waals surface area contributed by atoms with Gasteiger partial charge in [-0.3, -0.25) is 10.2 Å². The molecule has 0 heterocycles. The van der Waals surface area contributed by atoms with E-state index in [1.165, 1.54) is 7.11 Å². The molecule has 13 heavy (non-hydrogen) atoms. The van der Waals surface area contributed by atoms with Gasteiger partial charge in [-0.05, 0) is 18.2 Å². The number of nitrogens with two attached hydrogens (primary N) is 1. The van der Waals surface area contributed by atoms with Crippen molar-refractivity contribution in [2.24, 2.45) is 5.84 Å². The Morgan fingerprint density at radius 2 is 2.31 bits per heavy atom. The number of carbonyl (C=O) groups is 1. The number of hydrogen-bond acceptors (Lipinski definition) is 3. The molecule has 0 saturated heterocycles. The minimum Gasteiger partial charge on any atom is -0.496 e. The minimum absolute atomic E-state index is 0.377. The zero-order valence-corrected chi connectivity index (χ0v) is 8.59. The van der Waals surface area contributed by atoms with Gasteiger partial charge < -0.3 is 4.74 Å². The van der Waals surface area contributed by atoms with Crippen molar-refractivity contribution in [3.05, 3.63) is 28.2 Å². The molecule has 0 saturated carbocycles. The lowest BCUT2D eigenvalue weighted by molar-refractivity contribution is 0.0950. The van der Waals surface area contributed by atoms with E-state index in [0.29, 0.717) is 11.3 Å². The van der Waals surface area contributed by atoms with E-state index < -0.39 is 0 Å². The molecule has 0 aliphatic carbocycles. The highest BCUT2D eigenvalue weighted by Crippen LogP contribution is 2.22. The zero-order valence-electron chi connectivity index (χ0n) is 7.00. The third-order valence-electron chi connectivity index (χ3n) is 1.54. The molecule has 0 aliphatic rings. The quantitative estimate of drug-likeness (QED) is 0.465. The first-order chi connectivity index (χ1) is 6.19. The van der Waals surface area contributed by atoms with Gasteiger partial charge in [0.15, 0.2) is 0 Å². The summed E-state index contributed by atoms with van der Waals surface area (Å²) in [4.78, 5) is 11.2. The number of hydrazine groups is 1. The topological polar surface area (TPSA) is 64.3 Å². The highest BCUT2D eigenvalue weighted by Gasteiger charge is 2.10. The second kappa shape index (κ2) is 4.25. The summed E-state index contributed by atoms with van der Waals surface area (Å²) in [5, 5.41) is 0. The van der Waals surface area contributed by atoms with Crippen LogP contribution in [0.4, 0.5) is 0 Å². The van der Waals surface area contributed by atoms with Crippen LogP contribution in [0.15, 0.2) is 22.7 Å². The fraction of sp³-hybridized carbons (Fsp3) is 0.125. The van der Waals surface area contributed by atoms with E-state index in [-0.39, 0.29) is 5.91 Å². The van der Waals surface area contributed by atoms with Crippen molar-refractivity contribution >= 4 is 21.8 Å². The lowest BCUT2D eigenvalue weighted by Crippen LogP contribution is -2.30. The van der Waals surface area contributed by atoms with Gasteiger partial charge in [0.25, 0.3) is 5.91 Å². The molecule has 0 bridgehead atoms. The van der Waals surface area contributed by atoms with Gasteiger partial charge in [0.2, 0.25) is 0 Å². The van der Waals surface area contributed by atoms with Crippen molar-refractivity contribution in [3.63, 3.8) is 0 Å². The average Bonchev–Trinajstić information content (AvgIpc) is 2.16. The summed E-state index contributed by atoms with van der Waals surface area (Å²) in [5.41, 5.74) is 2.45. The van der Waals surface area contributed by atoms with E-state index in [0.717, 1.165) is 4.47 Å². The lowest BCUT2D eigenvalue weighted by Gasteiger charge is -2.06. The number of methoxy groups -OCH3 is 1. The fourth-order valence-corrected chi connectivity index (χ4v) is 1.30. The number of ether oxygens (including phenoxy) is 1. The van der Waals surface area contributed by atoms with Crippen LogP contribution in [-0.2, 0) is 0 Å². The second-order valence-corrected chi connectivity index (χ2v) is 3.23. The van der Waals surface area contributed by atoms with Gasteiger partial charge in [0, 0.05) is 4.47 Å². The predicted molar refractivity (Wildman–Crippen MR) is 52.3 cm³/mol. The van der Waals surface area contributed by atoms with Crippen molar-refractivity contribution in [2.75, 3.05) is 7.11 Å². The van der Waals surface area contributed by atoms with Gasteiger partial charge in [-0.2, -0.15) is 0 Å². The molecule has 1 rings (SSSR count).